The molecule has 0 aliphatic heterocycles. The number of carbonyl (C=O) groups is 1. The Morgan fingerprint density at radius 3 is 2.45 bits per heavy atom. The van der Waals surface area contributed by atoms with Crippen molar-refractivity contribution in [3.8, 4) is 5.75 Å². The summed E-state index contributed by atoms with van der Waals surface area (Å²) in [6, 6.07) is 12.8. The lowest BCUT2D eigenvalue weighted by Crippen LogP contribution is -1.93. The number of hydrogen-bond donors (Lipinski definition) is 1. The predicted octanol–water partition coefficient (Wildman–Crippen LogP) is 4.32. The quantitative estimate of drug-likeness (QED) is 0.516. The molecule has 0 aliphatic rings. The number of rotatable bonds is 4. The van der Waals surface area contributed by atoms with E-state index in [1.807, 2.05) is 43.5 Å². The Morgan fingerprint density at radius 1 is 1.15 bits per heavy atom. The van der Waals surface area contributed by atoms with Crippen molar-refractivity contribution < 1.29 is 9.90 Å². The minimum atomic E-state index is -0.0246. The number of phenols is 1. The van der Waals surface area contributed by atoms with E-state index in [0.29, 0.717) is 5.56 Å². The van der Waals surface area contributed by atoms with Gasteiger partial charge in [-0.15, -0.1) is 11.8 Å². The van der Waals surface area contributed by atoms with Crippen LogP contribution in [-0.4, -0.2) is 17.1 Å². The number of benzene rings is 2. The van der Waals surface area contributed by atoms with Gasteiger partial charge in [0.2, 0.25) is 0 Å². The summed E-state index contributed by atoms with van der Waals surface area (Å²) in [6.07, 6.45) is 5.32. The van der Waals surface area contributed by atoms with Crippen LogP contribution in [-0.2, 0) is 0 Å². The third kappa shape index (κ3) is 3.52. The molecule has 0 unspecified atom stereocenters. The molecule has 0 heterocycles. The van der Waals surface area contributed by atoms with Crippen molar-refractivity contribution in [2.45, 2.75) is 11.8 Å². The SMILES string of the molecule is CSc1ccc(C(=O)/C=C/c2ccc(O)c(C)c2)cc1. The maximum absolute atomic E-state index is 12.0. The molecule has 2 aromatic carbocycles. The fourth-order valence-electron chi connectivity index (χ4n) is 1.81. The van der Waals surface area contributed by atoms with Crippen molar-refractivity contribution in [1.29, 1.82) is 0 Å². The second kappa shape index (κ2) is 6.44. The summed E-state index contributed by atoms with van der Waals surface area (Å²) in [5.74, 6) is 0.240. The van der Waals surface area contributed by atoms with E-state index in [9.17, 15) is 9.90 Å². The molecule has 0 aromatic heterocycles. The first-order valence-corrected chi connectivity index (χ1v) is 7.48. The van der Waals surface area contributed by atoms with Gasteiger partial charge >= 0.3 is 0 Å². The highest BCUT2D eigenvalue weighted by Crippen LogP contribution is 2.18. The smallest absolute Gasteiger partial charge is 0.185 e. The average Bonchev–Trinajstić information content (AvgIpc) is 2.48. The summed E-state index contributed by atoms with van der Waals surface area (Å²) < 4.78 is 0. The number of aryl methyl sites for hydroxylation is 1. The first kappa shape index (κ1) is 14.4. The molecule has 3 heteroatoms. The van der Waals surface area contributed by atoms with E-state index in [2.05, 4.69) is 0 Å². The molecule has 0 radical (unpaired) electrons. The van der Waals surface area contributed by atoms with Gasteiger partial charge in [0.25, 0.3) is 0 Å². The summed E-state index contributed by atoms with van der Waals surface area (Å²) in [6.45, 7) is 1.83. The van der Waals surface area contributed by atoms with Crippen LogP contribution in [0.15, 0.2) is 53.4 Å². The molecule has 20 heavy (non-hydrogen) atoms. The third-order valence-electron chi connectivity index (χ3n) is 3.02. The Morgan fingerprint density at radius 2 is 1.85 bits per heavy atom. The predicted molar refractivity (Wildman–Crippen MR) is 84.4 cm³/mol. The third-order valence-corrected chi connectivity index (χ3v) is 3.77. The van der Waals surface area contributed by atoms with Crippen LogP contribution in [0.1, 0.15) is 21.5 Å². The maximum atomic E-state index is 12.0. The molecule has 0 saturated heterocycles. The number of aromatic hydroxyl groups is 1. The highest BCUT2D eigenvalue weighted by Gasteiger charge is 2.02. The van der Waals surface area contributed by atoms with Crippen molar-refractivity contribution in [2.24, 2.45) is 0 Å². The van der Waals surface area contributed by atoms with Gasteiger partial charge in [-0.05, 0) is 66.8 Å². The van der Waals surface area contributed by atoms with Crippen LogP contribution in [0.25, 0.3) is 6.08 Å². The van der Waals surface area contributed by atoms with Crippen LogP contribution >= 0.6 is 11.8 Å². The van der Waals surface area contributed by atoms with Crippen molar-refractivity contribution >= 4 is 23.6 Å². The van der Waals surface area contributed by atoms with Crippen LogP contribution < -0.4 is 0 Å². The lowest BCUT2D eigenvalue weighted by molar-refractivity contribution is 0.104. The van der Waals surface area contributed by atoms with Crippen molar-refractivity contribution in [3.05, 3.63) is 65.2 Å². The number of carbonyl (C=O) groups excluding carboxylic acids is 1. The topological polar surface area (TPSA) is 37.3 Å². The van der Waals surface area contributed by atoms with Crippen LogP contribution in [0.4, 0.5) is 0 Å². The molecule has 0 aliphatic carbocycles. The standard InChI is InChI=1S/C17H16O2S/c1-12-11-13(3-9-16(12)18)4-10-17(19)14-5-7-15(20-2)8-6-14/h3-11,18H,1-2H3/b10-4+. The fraction of sp³-hybridized carbons (Fsp3) is 0.118. The minimum Gasteiger partial charge on any atom is -0.508 e. The van der Waals surface area contributed by atoms with Gasteiger partial charge in [0, 0.05) is 10.5 Å². The first-order chi connectivity index (χ1) is 9.60. The lowest BCUT2D eigenvalue weighted by Gasteiger charge is -2.00. The average molecular weight is 284 g/mol. The van der Waals surface area contributed by atoms with E-state index < -0.39 is 0 Å². The van der Waals surface area contributed by atoms with Crippen molar-refractivity contribution in [3.63, 3.8) is 0 Å². The minimum absolute atomic E-state index is 0.0246. The molecule has 0 bridgehead atoms. The molecule has 1 N–H and O–H groups in total. The van der Waals surface area contributed by atoms with Crippen LogP contribution in [0.2, 0.25) is 0 Å². The Labute approximate surface area is 123 Å². The fourth-order valence-corrected chi connectivity index (χ4v) is 2.21. The maximum Gasteiger partial charge on any atom is 0.185 e. The summed E-state index contributed by atoms with van der Waals surface area (Å²) in [5.41, 5.74) is 2.37. The largest absolute Gasteiger partial charge is 0.508 e. The zero-order valence-corrected chi connectivity index (χ0v) is 12.3. The Bertz CT molecular complexity index is 643. The van der Waals surface area contributed by atoms with E-state index in [0.717, 1.165) is 16.0 Å². The molecule has 0 spiro atoms. The Hall–Kier alpha value is -2.00. The van der Waals surface area contributed by atoms with Gasteiger partial charge in [-0.1, -0.05) is 12.1 Å². The summed E-state index contributed by atoms with van der Waals surface area (Å²) in [7, 11) is 0. The van der Waals surface area contributed by atoms with Gasteiger partial charge in [-0.2, -0.15) is 0 Å². The van der Waals surface area contributed by atoms with E-state index in [1.54, 1.807) is 36.0 Å². The van der Waals surface area contributed by atoms with Gasteiger partial charge in [0.15, 0.2) is 5.78 Å². The van der Waals surface area contributed by atoms with Gasteiger partial charge < -0.3 is 5.11 Å². The second-order valence-corrected chi connectivity index (χ2v) is 5.35. The number of hydrogen-bond acceptors (Lipinski definition) is 3. The Kier molecular flexibility index (Phi) is 4.64. The zero-order chi connectivity index (χ0) is 14.5. The van der Waals surface area contributed by atoms with Gasteiger partial charge in [-0.3, -0.25) is 4.79 Å². The highest BCUT2D eigenvalue weighted by atomic mass is 32.2. The van der Waals surface area contributed by atoms with Crippen molar-refractivity contribution in [2.75, 3.05) is 6.26 Å². The number of phenolic OH excluding ortho intramolecular Hbond substituents is 1. The van der Waals surface area contributed by atoms with Crippen LogP contribution in [0.3, 0.4) is 0 Å². The van der Waals surface area contributed by atoms with E-state index in [4.69, 9.17) is 0 Å². The highest BCUT2D eigenvalue weighted by molar-refractivity contribution is 7.98. The normalized spacial score (nSPS) is 10.9. The Balaban J connectivity index is 2.13. The monoisotopic (exact) mass is 284 g/mol. The van der Waals surface area contributed by atoms with Crippen molar-refractivity contribution in [1.82, 2.24) is 0 Å². The van der Waals surface area contributed by atoms with E-state index in [-0.39, 0.29) is 11.5 Å². The lowest BCUT2D eigenvalue weighted by atomic mass is 10.1. The number of ketones is 1. The molecule has 102 valence electrons. The molecule has 0 saturated carbocycles. The van der Waals surface area contributed by atoms with Gasteiger partial charge in [0.1, 0.15) is 5.75 Å². The summed E-state index contributed by atoms with van der Waals surface area (Å²) in [5, 5.41) is 9.46. The molecule has 2 rings (SSSR count). The second-order valence-electron chi connectivity index (χ2n) is 4.47. The van der Waals surface area contributed by atoms with E-state index >= 15 is 0 Å². The summed E-state index contributed by atoms with van der Waals surface area (Å²) >= 11 is 1.65. The van der Waals surface area contributed by atoms with Crippen LogP contribution in [0, 0.1) is 6.92 Å². The molecule has 0 fully saturated rings. The molecule has 0 atom stereocenters. The molecule has 2 aromatic rings. The molecule has 0 amide bonds. The van der Waals surface area contributed by atoms with E-state index in [1.165, 1.54) is 0 Å². The molecule has 2 nitrogen and oxygen atoms in total. The van der Waals surface area contributed by atoms with Gasteiger partial charge in [0.05, 0.1) is 0 Å². The van der Waals surface area contributed by atoms with Gasteiger partial charge in [-0.25, -0.2) is 0 Å². The molecular formula is C17H16O2S. The zero-order valence-electron chi connectivity index (χ0n) is 11.5. The molecular weight excluding hydrogens is 268 g/mol. The summed E-state index contributed by atoms with van der Waals surface area (Å²) in [4.78, 5) is 13.2. The first-order valence-electron chi connectivity index (χ1n) is 6.26. The number of thioether (sulfide) groups is 1. The van der Waals surface area contributed by atoms with Crippen LogP contribution in [0.5, 0.6) is 5.75 Å². The number of allylic oxidation sites excluding steroid dienone is 1.